The lowest BCUT2D eigenvalue weighted by atomic mass is 10.1. The summed E-state index contributed by atoms with van der Waals surface area (Å²) in [5.74, 6) is 0. The minimum Gasteiger partial charge on any atom is -0.356 e. The second-order valence-corrected chi connectivity index (χ2v) is 4.90. The van der Waals surface area contributed by atoms with Gasteiger partial charge in [-0.1, -0.05) is 0 Å². The molecular weight excluding hydrogens is 346 g/mol. The number of nitrogens with zero attached hydrogens (tertiary/aromatic N) is 2. The van der Waals surface area contributed by atoms with Crippen LogP contribution in [0.25, 0.3) is 0 Å². The summed E-state index contributed by atoms with van der Waals surface area (Å²) in [6.45, 7) is 0.820. The van der Waals surface area contributed by atoms with E-state index in [0.717, 1.165) is 3.70 Å². The summed E-state index contributed by atoms with van der Waals surface area (Å²) in [5.41, 5.74) is 0.522. The molecule has 1 fully saturated rings. The number of pyridine rings is 1. The molecule has 0 aromatic carbocycles. The molecule has 1 atom stereocenters. The second kappa shape index (κ2) is 4.97. The number of anilines is 1. The van der Waals surface area contributed by atoms with Crippen LogP contribution in [0.15, 0.2) is 18.3 Å². The summed E-state index contributed by atoms with van der Waals surface area (Å²) in [7, 11) is 0. The molecule has 1 aromatic heterocycles. The Morgan fingerprint density at radius 1 is 1.41 bits per heavy atom. The highest BCUT2D eigenvalue weighted by atomic mass is 127. The molecule has 17 heavy (non-hydrogen) atoms. The molecule has 94 valence electrons. The number of piperazine rings is 1. The largest absolute Gasteiger partial charge is 0.409 e. The van der Waals surface area contributed by atoms with Gasteiger partial charge in [0.1, 0.15) is 9.74 Å². The predicted molar refractivity (Wildman–Crippen MR) is 67.0 cm³/mol. The van der Waals surface area contributed by atoms with Crippen LogP contribution in [0.5, 0.6) is 0 Å². The van der Waals surface area contributed by atoms with E-state index in [0.29, 0.717) is 18.8 Å². The van der Waals surface area contributed by atoms with Crippen molar-refractivity contribution < 1.29 is 13.2 Å². The molecule has 1 aliphatic rings. The Hall–Kier alpha value is -0.570. The fourth-order valence-corrected chi connectivity index (χ4v) is 2.16. The Kier molecular flexibility index (Phi) is 3.76. The lowest BCUT2D eigenvalue weighted by molar-refractivity contribution is -0.149. The SMILES string of the molecule is FC(F)(F)C1CNCCN1c1ccc(I)nc1. The Labute approximate surface area is 111 Å². The maximum absolute atomic E-state index is 12.9. The summed E-state index contributed by atoms with van der Waals surface area (Å²) in [6.07, 6.45) is -2.73. The van der Waals surface area contributed by atoms with E-state index in [1.54, 1.807) is 12.1 Å². The van der Waals surface area contributed by atoms with Crippen LogP contribution < -0.4 is 10.2 Å². The van der Waals surface area contributed by atoms with E-state index in [2.05, 4.69) is 10.3 Å². The molecule has 0 saturated carbocycles. The van der Waals surface area contributed by atoms with Crippen molar-refractivity contribution in [3.63, 3.8) is 0 Å². The van der Waals surface area contributed by atoms with E-state index < -0.39 is 12.2 Å². The average molecular weight is 357 g/mol. The molecule has 0 amide bonds. The first-order valence-electron chi connectivity index (χ1n) is 5.14. The van der Waals surface area contributed by atoms with Gasteiger partial charge in [-0.25, -0.2) is 4.98 Å². The van der Waals surface area contributed by atoms with Crippen molar-refractivity contribution in [2.75, 3.05) is 24.5 Å². The highest BCUT2D eigenvalue weighted by Gasteiger charge is 2.44. The maximum Gasteiger partial charge on any atom is 0.409 e. The summed E-state index contributed by atoms with van der Waals surface area (Å²) in [6, 6.07) is 1.92. The van der Waals surface area contributed by atoms with Gasteiger partial charge in [-0.3, -0.25) is 0 Å². The van der Waals surface area contributed by atoms with Gasteiger partial charge >= 0.3 is 6.18 Å². The minimum absolute atomic E-state index is 0.0739. The van der Waals surface area contributed by atoms with Gasteiger partial charge in [0.25, 0.3) is 0 Å². The number of hydrogen-bond donors (Lipinski definition) is 1. The first-order valence-corrected chi connectivity index (χ1v) is 6.22. The van der Waals surface area contributed by atoms with E-state index >= 15 is 0 Å². The first-order chi connectivity index (χ1) is 7.98. The lowest BCUT2D eigenvalue weighted by Gasteiger charge is -2.38. The average Bonchev–Trinajstić information content (AvgIpc) is 2.29. The zero-order chi connectivity index (χ0) is 12.5. The molecule has 1 aliphatic heterocycles. The fraction of sp³-hybridized carbons (Fsp3) is 0.500. The van der Waals surface area contributed by atoms with Crippen LogP contribution in [-0.4, -0.2) is 36.8 Å². The summed E-state index contributed by atoms with van der Waals surface area (Å²) in [4.78, 5) is 5.39. The highest BCUT2D eigenvalue weighted by Crippen LogP contribution is 2.29. The van der Waals surface area contributed by atoms with Gasteiger partial charge in [0.15, 0.2) is 0 Å². The second-order valence-electron chi connectivity index (χ2n) is 3.79. The minimum atomic E-state index is -4.23. The van der Waals surface area contributed by atoms with E-state index in [1.807, 2.05) is 22.6 Å². The third kappa shape index (κ3) is 3.01. The normalized spacial score (nSPS) is 21.6. The molecule has 0 aliphatic carbocycles. The van der Waals surface area contributed by atoms with Crippen molar-refractivity contribution in [1.29, 1.82) is 0 Å². The van der Waals surface area contributed by atoms with Gasteiger partial charge in [-0.2, -0.15) is 13.2 Å². The standard InChI is InChI=1S/C10H11F3IN3/c11-10(12,13)8-6-15-3-4-17(8)7-1-2-9(14)16-5-7/h1-2,5,8,15H,3-4,6H2. The molecule has 1 saturated heterocycles. The van der Waals surface area contributed by atoms with Crippen molar-refractivity contribution in [1.82, 2.24) is 10.3 Å². The third-order valence-corrected chi connectivity index (χ3v) is 3.30. The van der Waals surface area contributed by atoms with Crippen LogP contribution in [0.1, 0.15) is 0 Å². The van der Waals surface area contributed by atoms with E-state index in [-0.39, 0.29) is 6.54 Å². The first kappa shape index (κ1) is 12.9. The predicted octanol–water partition coefficient (Wildman–Crippen LogP) is 2.03. The van der Waals surface area contributed by atoms with Crippen LogP contribution in [0, 0.1) is 3.70 Å². The number of halogens is 4. The van der Waals surface area contributed by atoms with E-state index in [4.69, 9.17) is 0 Å². The van der Waals surface area contributed by atoms with Gasteiger partial charge < -0.3 is 10.2 Å². The van der Waals surface area contributed by atoms with Crippen molar-refractivity contribution >= 4 is 28.3 Å². The van der Waals surface area contributed by atoms with Crippen molar-refractivity contribution in [3.8, 4) is 0 Å². The summed E-state index contributed by atoms with van der Waals surface area (Å²) in [5, 5.41) is 2.77. The molecule has 1 N–H and O–H groups in total. The monoisotopic (exact) mass is 357 g/mol. The quantitative estimate of drug-likeness (QED) is 0.616. The van der Waals surface area contributed by atoms with Gasteiger partial charge in [-0.05, 0) is 34.7 Å². The fourth-order valence-electron chi connectivity index (χ4n) is 1.84. The Morgan fingerprint density at radius 2 is 2.18 bits per heavy atom. The highest BCUT2D eigenvalue weighted by molar-refractivity contribution is 14.1. The number of aromatic nitrogens is 1. The molecule has 0 bridgehead atoms. The van der Waals surface area contributed by atoms with Gasteiger partial charge in [0, 0.05) is 19.6 Å². The Bertz CT molecular complexity index is 379. The number of hydrogen-bond acceptors (Lipinski definition) is 3. The molecular formula is C10H11F3IN3. The maximum atomic E-state index is 12.9. The zero-order valence-electron chi connectivity index (χ0n) is 8.84. The molecule has 1 unspecified atom stereocenters. The molecule has 0 radical (unpaired) electrons. The molecule has 0 spiro atoms. The topological polar surface area (TPSA) is 28.2 Å². The lowest BCUT2D eigenvalue weighted by Crippen LogP contribution is -2.58. The number of rotatable bonds is 1. The van der Waals surface area contributed by atoms with E-state index in [9.17, 15) is 13.2 Å². The molecule has 2 heterocycles. The third-order valence-electron chi connectivity index (χ3n) is 2.66. The summed E-state index contributed by atoms with van der Waals surface area (Å²) >= 11 is 2.02. The smallest absolute Gasteiger partial charge is 0.356 e. The van der Waals surface area contributed by atoms with Gasteiger partial charge in [0.2, 0.25) is 0 Å². The summed E-state index contributed by atoms with van der Waals surface area (Å²) < 4.78 is 39.3. The molecule has 1 aromatic rings. The van der Waals surface area contributed by atoms with Crippen LogP contribution in [0.3, 0.4) is 0 Å². The van der Waals surface area contributed by atoms with Crippen molar-refractivity contribution in [3.05, 3.63) is 22.0 Å². The number of alkyl halides is 3. The van der Waals surface area contributed by atoms with Crippen molar-refractivity contribution in [2.24, 2.45) is 0 Å². The van der Waals surface area contributed by atoms with Crippen LogP contribution in [-0.2, 0) is 0 Å². The molecule has 3 nitrogen and oxygen atoms in total. The number of nitrogens with one attached hydrogen (secondary N) is 1. The molecule has 7 heteroatoms. The Balaban J connectivity index is 2.25. The van der Waals surface area contributed by atoms with Crippen molar-refractivity contribution in [2.45, 2.75) is 12.2 Å². The molecule has 2 rings (SSSR count). The van der Waals surface area contributed by atoms with Gasteiger partial charge in [-0.15, -0.1) is 0 Å². The van der Waals surface area contributed by atoms with Crippen LogP contribution in [0.4, 0.5) is 18.9 Å². The Morgan fingerprint density at radius 3 is 2.76 bits per heavy atom. The van der Waals surface area contributed by atoms with E-state index in [1.165, 1.54) is 11.1 Å². The zero-order valence-corrected chi connectivity index (χ0v) is 11.0. The van der Waals surface area contributed by atoms with Gasteiger partial charge in [0.05, 0.1) is 11.9 Å². The van der Waals surface area contributed by atoms with Crippen LogP contribution in [0.2, 0.25) is 0 Å². The van der Waals surface area contributed by atoms with Crippen LogP contribution >= 0.6 is 22.6 Å².